The van der Waals surface area contributed by atoms with Gasteiger partial charge in [0.1, 0.15) is 35.4 Å². The van der Waals surface area contributed by atoms with Gasteiger partial charge in [-0.05, 0) is 23.8 Å². The summed E-state index contributed by atoms with van der Waals surface area (Å²) in [5.74, 6) is 0.126. The lowest BCUT2D eigenvalue weighted by Gasteiger charge is -2.42. The normalized spacial score (nSPS) is 23.9. The predicted molar refractivity (Wildman–Crippen MR) is 116 cm³/mol. The number of hydrogen-bond acceptors (Lipinski definition) is 5. The molecule has 4 rings (SSSR count). The molecule has 0 amide bonds. The van der Waals surface area contributed by atoms with E-state index in [1.807, 2.05) is 23.1 Å². The number of aliphatic hydroxyl groups excluding tert-OH is 1. The average molecular weight is 454 g/mol. The fourth-order valence-corrected chi connectivity index (χ4v) is 4.59. The summed E-state index contributed by atoms with van der Waals surface area (Å²) in [4.78, 5) is 13.3. The smallest absolute Gasteiger partial charge is 0.339 e. The molecule has 2 aliphatic heterocycles. The number of alkyl halides is 1. The number of fused-ring (bicyclic) bond motifs is 1. The highest BCUT2D eigenvalue weighted by Crippen LogP contribution is 2.43. The topological polar surface area (TPSA) is 79.2 Å². The molecule has 2 aliphatic rings. The SMILES string of the molecule is Cl.O=C(O)c1ccccc1OC[C@@H](O)CN1CC[C@@]2(Cc3ccccc3O2)CC1Cl. The second-order valence-corrected chi connectivity index (χ2v) is 8.22. The van der Waals surface area contributed by atoms with Gasteiger partial charge in [0.05, 0.1) is 5.50 Å². The van der Waals surface area contributed by atoms with Gasteiger partial charge in [-0.3, -0.25) is 4.90 Å². The first-order valence-corrected chi connectivity index (χ1v) is 10.2. The number of para-hydroxylation sites is 2. The van der Waals surface area contributed by atoms with Crippen LogP contribution in [0.1, 0.15) is 28.8 Å². The van der Waals surface area contributed by atoms with Gasteiger partial charge >= 0.3 is 5.97 Å². The zero-order valence-electron chi connectivity index (χ0n) is 16.4. The fraction of sp³-hybridized carbons (Fsp3) is 0.409. The summed E-state index contributed by atoms with van der Waals surface area (Å²) in [7, 11) is 0. The highest BCUT2D eigenvalue weighted by Gasteiger charge is 2.45. The number of carboxylic acids is 1. The van der Waals surface area contributed by atoms with E-state index in [1.54, 1.807) is 18.2 Å². The third-order valence-electron chi connectivity index (χ3n) is 5.60. The number of benzene rings is 2. The van der Waals surface area contributed by atoms with Crippen molar-refractivity contribution in [3.05, 3.63) is 59.7 Å². The Morgan fingerprint density at radius 1 is 1.27 bits per heavy atom. The van der Waals surface area contributed by atoms with Gasteiger partial charge in [-0.25, -0.2) is 4.79 Å². The van der Waals surface area contributed by atoms with Gasteiger partial charge in [0.25, 0.3) is 0 Å². The lowest BCUT2D eigenvalue weighted by atomic mass is 9.87. The Bertz CT molecular complexity index is 868. The summed E-state index contributed by atoms with van der Waals surface area (Å²) in [6.07, 6.45) is 1.59. The maximum Gasteiger partial charge on any atom is 0.339 e. The van der Waals surface area contributed by atoms with Gasteiger partial charge in [-0.15, -0.1) is 24.0 Å². The van der Waals surface area contributed by atoms with Crippen molar-refractivity contribution in [2.45, 2.75) is 36.5 Å². The quantitative estimate of drug-likeness (QED) is 0.513. The number of carbonyl (C=O) groups is 1. The number of hydrogen-bond donors (Lipinski definition) is 2. The van der Waals surface area contributed by atoms with Gasteiger partial charge in [-0.2, -0.15) is 0 Å². The lowest BCUT2D eigenvalue weighted by molar-refractivity contribution is -0.0124. The Balaban J connectivity index is 0.00000256. The van der Waals surface area contributed by atoms with Crippen molar-refractivity contribution >= 4 is 30.0 Å². The third-order valence-corrected chi connectivity index (χ3v) is 6.03. The Hall–Kier alpha value is -1.99. The molecule has 6 nitrogen and oxygen atoms in total. The number of rotatable bonds is 6. The monoisotopic (exact) mass is 453 g/mol. The highest BCUT2D eigenvalue weighted by molar-refractivity contribution is 6.20. The molecule has 2 aromatic rings. The van der Waals surface area contributed by atoms with Crippen LogP contribution in [0.15, 0.2) is 48.5 Å². The molecule has 1 unspecified atom stereocenters. The van der Waals surface area contributed by atoms with E-state index in [4.69, 9.17) is 21.1 Å². The number of aromatic carboxylic acids is 1. The fourth-order valence-electron chi connectivity index (χ4n) is 4.13. The van der Waals surface area contributed by atoms with Crippen LogP contribution in [-0.2, 0) is 6.42 Å². The molecule has 2 N–H and O–H groups in total. The minimum Gasteiger partial charge on any atom is -0.490 e. The summed E-state index contributed by atoms with van der Waals surface area (Å²) in [6.45, 7) is 1.06. The van der Waals surface area contributed by atoms with Crippen LogP contribution < -0.4 is 9.47 Å². The number of nitrogens with zero attached hydrogens (tertiary/aromatic N) is 1. The zero-order valence-corrected chi connectivity index (χ0v) is 17.9. The number of carboxylic acid groups (broad SMARTS) is 1. The van der Waals surface area contributed by atoms with Crippen molar-refractivity contribution in [2.24, 2.45) is 0 Å². The molecule has 0 saturated carbocycles. The maximum atomic E-state index is 11.3. The van der Waals surface area contributed by atoms with Gasteiger partial charge in [-0.1, -0.05) is 30.3 Å². The molecule has 8 heteroatoms. The molecule has 30 heavy (non-hydrogen) atoms. The number of likely N-dealkylation sites (tertiary alicyclic amines) is 1. The minimum absolute atomic E-state index is 0. The molecule has 1 spiro atoms. The molecule has 0 aromatic heterocycles. The van der Waals surface area contributed by atoms with Crippen LogP contribution in [0.25, 0.3) is 0 Å². The molecule has 1 fully saturated rings. The molecule has 2 aromatic carbocycles. The van der Waals surface area contributed by atoms with Gasteiger partial charge in [0.2, 0.25) is 0 Å². The molecule has 0 bridgehead atoms. The standard InChI is InChI=1S/C22H24ClNO5.ClH/c23-20-12-22(11-15-5-1-3-7-18(15)29-22)9-10-24(20)13-16(25)14-28-19-8-4-2-6-17(19)21(26)27;/h1-8,16,20,25H,9-14H2,(H,26,27);1H/t16-,20?,22+;/m0./s1. The maximum absolute atomic E-state index is 11.3. The zero-order chi connectivity index (χ0) is 20.4. The van der Waals surface area contributed by atoms with E-state index < -0.39 is 12.1 Å². The Morgan fingerprint density at radius 3 is 2.73 bits per heavy atom. The van der Waals surface area contributed by atoms with Crippen LogP contribution in [0.2, 0.25) is 0 Å². The van der Waals surface area contributed by atoms with Crippen molar-refractivity contribution in [3.8, 4) is 11.5 Å². The first kappa shape index (κ1) is 22.7. The van der Waals surface area contributed by atoms with Crippen molar-refractivity contribution in [2.75, 3.05) is 19.7 Å². The van der Waals surface area contributed by atoms with E-state index in [-0.39, 0.29) is 41.4 Å². The van der Waals surface area contributed by atoms with Crippen molar-refractivity contribution < 1.29 is 24.5 Å². The number of β-amino-alcohol motifs (C(OH)–C–C–N with tert-alkyl or cyclic N) is 1. The van der Waals surface area contributed by atoms with E-state index in [0.29, 0.717) is 19.5 Å². The summed E-state index contributed by atoms with van der Waals surface area (Å²) < 4.78 is 11.8. The molecule has 162 valence electrons. The van der Waals surface area contributed by atoms with Gasteiger partial charge in [0, 0.05) is 32.4 Å². The number of halogens is 2. The third kappa shape index (κ3) is 4.83. The van der Waals surface area contributed by atoms with Crippen LogP contribution >= 0.6 is 24.0 Å². The molecular formula is C22H25Cl2NO5. The second-order valence-electron chi connectivity index (χ2n) is 7.72. The highest BCUT2D eigenvalue weighted by atomic mass is 35.5. The number of aliphatic hydroxyl groups is 1. The Morgan fingerprint density at radius 2 is 2.00 bits per heavy atom. The van der Waals surface area contributed by atoms with E-state index in [1.165, 1.54) is 11.6 Å². The van der Waals surface area contributed by atoms with E-state index in [2.05, 4.69) is 6.07 Å². The summed E-state index contributed by atoms with van der Waals surface area (Å²) >= 11 is 6.64. The summed E-state index contributed by atoms with van der Waals surface area (Å²) in [5, 5.41) is 19.6. The van der Waals surface area contributed by atoms with E-state index in [0.717, 1.165) is 18.6 Å². The van der Waals surface area contributed by atoms with Crippen LogP contribution in [0.4, 0.5) is 0 Å². The Labute approximate surface area is 186 Å². The van der Waals surface area contributed by atoms with Crippen LogP contribution in [0, 0.1) is 0 Å². The first-order chi connectivity index (χ1) is 14.0. The molecule has 3 atom stereocenters. The van der Waals surface area contributed by atoms with Crippen LogP contribution in [-0.4, -0.2) is 58.0 Å². The second kappa shape index (κ2) is 9.43. The first-order valence-electron chi connectivity index (χ1n) is 9.74. The number of piperidine rings is 1. The van der Waals surface area contributed by atoms with Gasteiger partial charge < -0.3 is 19.7 Å². The molecule has 1 saturated heterocycles. The summed E-state index contributed by atoms with van der Waals surface area (Å²) in [5.41, 5.74) is 0.774. The van der Waals surface area contributed by atoms with Crippen LogP contribution in [0.5, 0.6) is 11.5 Å². The summed E-state index contributed by atoms with van der Waals surface area (Å²) in [6, 6.07) is 14.5. The van der Waals surface area contributed by atoms with Crippen molar-refractivity contribution in [1.82, 2.24) is 4.90 Å². The van der Waals surface area contributed by atoms with E-state index in [9.17, 15) is 15.0 Å². The molecule has 2 heterocycles. The molecule has 0 radical (unpaired) electrons. The molecular weight excluding hydrogens is 429 g/mol. The van der Waals surface area contributed by atoms with Gasteiger partial charge in [0.15, 0.2) is 0 Å². The Kier molecular flexibility index (Phi) is 7.14. The van der Waals surface area contributed by atoms with Crippen LogP contribution in [0.3, 0.4) is 0 Å². The van der Waals surface area contributed by atoms with Crippen molar-refractivity contribution in [1.29, 1.82) is 0 Å². The minimum atomic E-state index is -1.06. The largest absolute Gasteiger partial charge is 0.490 e. The van der Waals surface area contributed by atoms with E-state index >= 15 is 0 Å². The molecule has 0 aliphatic carbocycles. The average Bonchev–Trinajstić information content (AvgIpc) is 3.06. The number of ether oxygens (including phenoxy) is 2. The lowest BCUT2D eigenvalue weighted by Crippen LogP contribution is -2.52. The van der Waals surface area contributed by atoms with Crippen molar-refractivity contribution in [3.63, 3.8) is 0 Å². The predicted octanol–water partition coefficient (Wildman–Crippen LogP) is 3.58.